The predicted octanol–water partition coefficient (Wildman–Crippen LogP) is 3.82. The summed E-state index contributed by atoms with van der Waals surface area (Å²) in [4.78, 5) is 29.1. The van der Waals surface area contributed by atoms with Gasteiger partial charge in [0.15, 0.2) is 0 Å². The van der Waals surface area contributed by atoms with E-state index in [9.17, 15) is 9.59 Å². The maximum atomic E-state index is 12.0. The van der Waals surface area contributed by atoms with Crippen molar-refractivity contribution in [1.29, 1.82) is 0 Å². The van der Waals surface area contributed by atoms with Gasteiger partial charge in [0.05, 0.1) is 12.2 Å². The second-order valence-electron chi connectivity index (χ2n) is 5.44. The van der Waals surface area contributed by atoms with Crippen LogP contribution in [0.5, 0.6) is 0 Å². The number of nitrogens with zero attached hydrogens (tertiary/aromatic N) is 1. The zero-order chi connectivity index (χ0) is 17.5. The number of anilines is 2. The number of aryl methyl sites for hydroxylation is 2. The molecule has 2 aromatic rings. The summed E-state index contributed by atoms with van der Waals surface area (Å²) in [6.07, 6.45) is 1.27. The van der Waals surface area contributed by atoms with Gasteiger partial charge in [-0.1, -0.05) is 13.0 Å². The number of carbonyl (C=O) groups is 2. The van der Waals surface area contributed by atoms with Gasteiger partial charge in [0, 0.05) is 22.7 Å². The molecule has 0 aliphatic rings. The predicted molar refractivity (Wildman–Crippen MR) is 97.4 cm³/mol. The number of nitrogens with one attached hydrogen (secondary N) is 3. The van der Waals surface area contributed by atoms with Crippen LogP contribution in [0.4, 0.5) is 16.2 Å². The van der Waals surface area contributed by atoms with E-state index in [0.29, 0.717) is 24.3 Å². The van der Waals surface area contributed by atoms with Crippen LogP contribution in [0.15, 0.2) is 24.3 Å². The molecule has 0 spiro atoms. The summed E-state index contributed by atoms with van der Waals surface area (Å²) in [6.45, 7) is 6.30. The third-order valence-corrected chi connectivity index (χ3v) is 4.43. The standard InChI is InChI=1S/C17H22N4O2S/c1-4-6-15(22)20-13-7-5-8-14(9-13)21-17(23)18-10-16-19-11(2)12(3)24-16/h5,7-9H,4,6,10H2,1-3H3,(H,20,22)(H2,18,21,23). The van der Waals surface area contributed by atoms with Gasteiger partial charge in [-0.05, 0) is 38.5 Å². The molecule has 0 saturated carbocycles. The number of rotatable bonds is 6. The fourth-order valence-corrected chi connectivity index (χ4v) is 2.94. The van der Waals surface area contributed by atoms with Gasteiger partial charge in [0.1, 0.15) is 5.01 Å². The highest BCUT2D eigenvalue weighted by Crippen LogP contribution is 2.17. The van der Waals surface area contributed by atoms with Gasteiger partial charge in [0.2, 0.25) is 5.91 Å². The fraction of sp³-hybridized carbons (Fsp3) is 0.353. The Morgan fingerprint density at radius 2 is 1.88 bits per heavy atom. The lowest BCUT2D eigenvalue weighted by Gasteiger charge is -2.09. The van der Waals surface area contributed by atoms with E-state index in [0.717, 1.165) is 22.0 Å². The summed E-state index contributed by atoms with van der Waals surface area (Å²) in [7, 11) is 0. The van der Waals surface area contributed by atoms with E-state index in [1.54, 1.807) is 35.6 Å². The molecule has 1 aromatic heterocycles. The summed E-state index contributed by atoms with van der Waals surface area (Å²) in [5.41, 5.74) is 2.28. The third kappa shape index (κ3) is 5.34. The van der Waals surface area contributed by atoms with E-state index in [-0.39, 0.29) is 11.9 Å². The Morgan fingerprint density at radius 1 is 1.17 bits per heavy atom. The van der Waals surface area contributed by atoms with Crippen LogP contribution in [0.3, 0.4) is 0 Å². The summed E-state index contributed by atoms with van der Waals surface area (Å²) < 4.78 is 0. The van der Waals surface area contributed by atoms with Crippen molar-refractivity contribution < 1.29 is 9.59 Å². The highest BCUT2D eigenvalue weighted by atomic mass is 32.1. The maximum Gasteiger partial charge on any atom is 0.319 e. The smallest absolute Gasteiger partial charge is 0.319 e. The van der Waals surface area contributed by atoms with Crippen molar-refractivity contribution in [2.75, 3.05) is 10.6 Å². The van der Waals surface area contributed by atoms with Crippen LogP contribution in [0.1, 0.15) is 35.3 Å². The number of hydrogen-bond donors (Lipinski definition) is 3. The van der Waals surface area contributed by atoms with Gasteiger partial charge in [-0.2, -0.15) is 0 Å². The minimum Gasteiger partial charge on any atom is -0.331 e. The Morgan fingerprint density at radius 3 is 2.50 bits per heavy atom. The zero-order valence-corrected chi connectivity index (χ0v) is 14.9. The molecule has 2 rings (SSSR count). The van der Waals surface area contributed by atoms with Crippen molar-refractivity contribution in [2.45, 2.75) is 40.2 Å². The molecule has 7 heteroatoms. The number of thiazole rings is 1. The van der Waals surface area contributed by atoms with Crippen molar-refractivity contribution in [3.63, 3.8) is 0 Å². The van der Waals surface area contributed by atoms with Gasteiger partial charge in [-0.25, -0.2) is 9.78 Å². The summed E-state index contributed by atoms with van der Waals surface area (Å²) in [5.74, 6) is -0.0337. The van der Waals surface area contributed by atoms with Crippen molar-refractivity contribution >= 4 is 34.6 Å². The van der Waals surface area contributed by atoms with Crippen LogP contribution in [-0.4, -0.2) is 16.9 Å². The molecule has 128 valence electrons. The molecule has 0 aliphatic carbocycles. The number of aromatic nitrogens is 1. The van der Waals surface area contributed by atoms with Crippen molar-refractivity contribution in [3.05, 3.63) is 39.8 Å². The Labute approximate surface area is 145 Å². The molecule has 0 aliphatic heterocycles. The first-order valence-electron chi connectivity index (χ1n) is 7.85. The second kappa shape index (κ2) is 8.44. The highest BCUT2D eigenvalue weighted by Gasteiger charge is 2.07. The average molecular weight is 346 g/mol. The first kappa shape index (κ1) is 17.9. The fourth-order valence-electron chi connectivity index (χ4n) is 2.07. The van der Waals surface area contributed by atoms with E-state index >= 15 is 0 Å². The summed E-state index contributed by atoms with van der Waals surface area (Å²) in [5, 5.41) is 9.21. The van der Waals surface area contributed by atoms with Crippen LogP contribution < -0.4 is 16.0 Å². The number of hydrogen-bond acceptors (Lipinski definition) is 4. The number of carbonyl (C=O) groups excluding carboxylic acids is 2. The molecule has 6 nitrogen and oxygen atoms in total. The molecule has 1 heterocycles. The molecule has 1 aromatic carbocycles. The van der Waals surface area contributed by atoms with Crippen molar-refractivity contribution in [1.82, 2.24) is 10.3 Å². The monoisotopic (exact) mass is 346 g/mol. The lowest BCUT2D eigenvalue weighted by atomic mass is 10.2. The third-order valence-electron chi connectivity index (χ3n) is 3.35. The molecule has 3 N–H and O–H groups in total. The van der Waals surface area contributed by atoms with Gasteiger partial charge in [-0.3, -0.25) is 4.79 Å². The molecule has 3 amide bonds. The average Bonchev–Trinajstić information content (AvgIpc) is 2.84. The van der Waals surface area contributed by atoms with Crippen LogP contribution in [-0.2, 0) is 11.3 Å². The molecule has 0 saturated heterocycles. The van der Waals surface area contributed by atoms with E-state index < -0.39 is 0 Å². The Bertz CT molecular complexity index is 708. The molecular formula is C17H22N4O2S. The summed E-state index contributed by atoms with van der Waals surface area (Å²) >= 11 is 1.58. The molecule has 0 radical (unpaired) electrons. The molecule has 24 heavy (non-hydrogen) atoms. The molecule has 0 unspecified atom stereocenters. The molecule has 0 fully saturated rings. The van der Waals surface area contributed by atoms with Gasteiger partial charge < -0.3 is 16.0 Å². The van der Waals surface area contributed by atoms with E-state index in [1.807, 2.05) is 20.8 Å². The Balaban J connectivity index is 1.88. The van der Waals surface area contributed by atoms with Crippen LogP contribution >= 0.6 is 11.3 Å². The van der Waals surface area contributed by atoms with Crippen LogP contribution in [0.2, 0.25) is 0 Å². The topological polar surface area (TPSA) is 83.1 Å². The normalized spacial score (nSPS) is 10.3. The Kier molecular flexibility index (Phi) is 6.31. The molecular weight excluding hydrogens is 324 g/mol. The SMILES string of the molecule is CCCC(=O)Nc1cccc(NC(=O)NCc2nc(C)c(C)s2)c1. The van der Waals surface area contributed by atoms with Crippen molar-refractivity contribution in [3.8, 4) is 0 Å². The van der Waals surface area contributed by atoms with E-state index in [2.05, 4.69) is 20.9 Å². The number of amides is 3. The van der Waals surface area contributed by atoms with Crippen molar-refractivity contribution in [2.24, 2.45) is 0 Å². The van der Waals surface area contributed by atoms with E-state index in [1.165, 1.54) is 0 Å². The Hall–Kier alpha value is -2.41. The maximum absolute atomic E-state index is 12.0. The highest BCUT2D eigenvalue weighted by molar-refractivity contribution is 7.11. The van der Waals surface area contributed by atoms with Gasteiger partial charge in [0.25, 0.3) is 0 Å². The first-order valence-corrected chi connectivity index (χ1v) is 8.67. The quantitative estimate of drug-likeness (QED) is 0.743. The molecule has 0 bridgehead atoms. The second-order valence-corrected chi connectivity index (χ2v) is 6.72. The van der Waals surface area contributed by atoms with Gasteiger partial charge >= 0.3 is 6.03 Å². The molecule has 0 atom stereocenters. The summed E-state index contributed by atoms with van der Waals surface area (Å²) in [6, 6.07) is 6.76. The number of urea groups is 1. The largest absolute Gasteiger partial charge is 0.331 e. The minimum atomic E-state index is -0.308. The number of benzene rings is 1. The lowest BCUT2D eigenvalue weighted by Crippen LogP contribution is -2.28. The first-order chi connectivity index (χ1) is 11.5. The van der Waals surface area contributed by atoms with Crippen LogP contribution in [0, 0.1) is 13.8 Å². The minimum absolute atomic E-state index is 0.0337. The van der Waals surface area contributed by atoms with Gasteiger partial charge in [-0.15, -0.1) is 11.3 Å². The van der Waals surface area contributed by atoms with Crippen LogP contribution in [0.25, 0.3) is 0 Å². The zero-order valence-electron chi connectivity index (χ0n) is 14.1. The van der Waals surface area contributed by atoms with E-state index in [4.69, 9.17) is 0 Å². The lowest BCUT2D eigenvalue weighted by molar-refractivity contribution is -0.116.